The van der Waals surface area contributed by atoms with Crippen molar-refractivity contribution in [3.63, 3.8) is 0 Å². The molecule has 0 aromatic rings. The minimum Gasteiger partial charge on any atom is -0.392 e. The third-order valence-electron chi connectivity index (χ3n) is 2.53. The second-order valence-corrected chi connectivity index (χ2v) is 3.98. The summed E-state index contributed by atoms with van der Waals surface area (Å²) in [5.74, 6) is 0.163. The number of ketones is 1. The lowest BCUT2D eigenvalue weighted by Gasteiger charge is -2.22. The van der Waals surface area contributed by atoms with Gasteiger partial charge in [-0.3, -0.25) is 4.79 Å². The minimum absolute atomic E-state index is 0.163. The lowest BCUT2D eigenvalue weighted by molar-refractivity contribution is -0.125. The maximum absolute atomic E-state index is 11.4. The van der Waals surface area contributed by atoms with Crippen LogP contribution in [-0.4, -0.2) is 17.0 Å². The highest BCUT2D eigenvalue weighted by atomic mass is 16.3. The number of hydrogen-bond acceptors (Lipinski definition) is 2. The number of carbonyl (C=O) groups excluding carboxylic acids is 1. The molecule has 1 fully saturated rings. The number of hydrogen-bond donors (Lipinski definition) is 1. The molecule has 2 heteroatoms. The molecule has 0 aromatic carbocycles. The molecule has 0 radical (unpaired) electrons. The number of rotatable bonds is 1. The molecule has 12 heavy (non-hydrogen) atoms. The zero-order valence-electron chi connectivity index (χ0n) is 7.92. The van der Waals surface area contributed by atoms with Gasteiger partial charge in [-0.25, -0.2) is 0 Å². The fraction of sp³-hybridized carbons (Fsp3) is 0.700. The molecule has 0 aromatic heterocycles. The average Bonchev–Trinajstić information content (AvgIpc) is 2.16. The fourth-order valence-electron chi connectivity index (χ4n) is 1.80. The summed E-state index contributed by atoms with van der Waals surface area (Å²) >= 11 is 0. The van der Waals surface area contributed by atoms with Crippen LogP contribution in [0.15, 0.2) is 11.6 Å². The highest BCUT2D eigenvalue weighted by Gasteiger charge is 2.43. The summed E-state index contributed by atoms with van der Waals surface area (Å²) in [6.45, 7) is 5.72. The van der Waals surface area contributed by atoms with Crippen LogP contribution in [0.3, 0.4) is 0 Å². The molecule has 0 spiro atoms. The zero-order valence-corrected chi connectivity index (χ0v) is 7.92. The van der Waals surface area contributed by atoms with Crippen molar-refractivity contribution in [3.8, 4) is 0 Å². The molecule has 1 aliphatic rings. The van der Waals surface area contributed by atoms with Gasteiger partial charge in [-0.2, -0.15) is 0 Å². The van der Waals surface area contributed by atoms with Crippen LogP contribution in [0.25, 0.3) is 0 Å². The van der Waals surface area contributed by atoms with E-state index >= 15 is 0 Å². The van der Waals surface area contributed by atoms with E-state index in [-0.39, 0.29) is 5.78 Å². The molecule has 0 bridgehead atoms. The Morgan fingerprint density at radius 2 is 2.25 bits per heavy atom. The predicted molar refractivity (Wildman–Crippen MR) is 47.8 cm³/mol. The first-order valence-corrected chi connectivity index (χ1v) is 4.34. The van der Waals surface area contributed by atoms with Gasteiger partial charge in [-0.15, -0.1) is 0 Å². The molecule has 2 atom stereocenters. The molecule has 2 nitrogen and oxygen atoms in total. The standard InChI is InChI=1S/C10H16O2/c1-7(2)6-10(3)8(11)4-5-9(10)12/h6,8,11H,4-5H2,1-3H3. The summed E-state index contributed by atoms with van der Waals surface area (Å²) in [7, 11) is 0. The highest BCUT2D eigenvalue weighted by molar-refractivity contribution is 5.89. The van der Waals surface area contributed by atoms with E-state index in [1.165, 1.54) is 0 Å². The van der Waals surface area contributed by atoms with Crippen LogP contribution < -0.4 is 0 Å². The van der Waals surface area contributed by atoms with Gasteiger partial charge in [0.2, 0.25) is 0 Å². The van der Waals surface area contributed by atoms with Crippen LogP contribution >= 0.6 is 0 Å². The van der Waals surface area contributed by atoms with Crippen molar-refractivity contribution in [1.82, 2.24) is 0 Å². The summed E-state index contributed by atoms with van der Waals surface area (Å²) in [5, 5.41) is 9.60. The Kier molecular flexibility index (Phi) is 2.38. The van der Waals surface area contributed by atoms with Gasteiger partial charge in [0, 0.05) is 6.42 Å². The third-order valence-corrected chi connectivity index (χ3v) is 2.53. The monoisotopic (exact) mass is 168 g/mol. The largest absolute Gasteiger partial charge is 0.392 e. The molecule has 1 N–H and O–H groups in total. The number of aliphatic hydroxyl groups is 1. The van der Waals surface area contributed by atoms with Gasteiger partial charge in [0.15, 0.2) is 0 Å². The van der Waals surface area contributed by atoms with Crippen LogP contribution in [0.1, 0.15) is 33.6 Å². The molecular weight excluding hydrogens is 152 g/mol. The third kappa shape index (κ3) is 1.44. The lowest BCUT2D eigenvalue weighted by Crippen LogP contribution is -2.30. The van der Waals surface area contributed by atoms with Crippen molar-refractivity contribution < 1.29 is 9.90 Å². The van der Waals surface area contributed by atoms with Crippen LogP contribution in [-0.2, 0) is 4.79 Å². The Hall–Kier alpha value is -0.630. The zero-order chi connectivity index (χ0) is 9.35. The number of aliphatic hydroxyl groups excluding tert-OH is 1. The van der Waals surface area contributed by atoms with Gasteiger partial charge in [-0.05, 0) is 27.2 Å². The average molecular weight is 168 g/mol. The Morgan fingerprint density at radius 3 is 2.58 bits per heavy atom. The molecule has 1 aliphatic carbocycles. The summed E-state index contributed by atoms with van der Waals surface area (Å²) in [6.07, 6.45) is 2.52. The molecule has 2 unspecified atom stereocenters. The maximum Gasteiger partial charge on any atom is 0.145 e. The number of Topliss-reactive ketones (excluding diaryl/α,β-unsaturated/α-hetero) is 1. The van der Waals surface area contributed by atoms with Gasteiger partial charge >= 0.3 is 0 Å². The van der Waals surface area contributed by atoms with E-state index < -0.39 is 11.5 Å². The lowest BCUT2D eigenvalue weighted by atomic mass is 9.84. The Balaban J connectivity index is 2.95. The quantitative estimate of drug-likeness (QED) is 0.605. The number of allylic oxidation sites excluding steroid dienone is 1. The predicted octanol–water partition coefficient (Wildman–Crippen LogP) is 1.68. The summed E-state index contributed by atoms with van der Waals surface area (Å²) in [4.78, 5) is 11.4. The van der Waals surface area contributed by atoms with E-state index in [1.54, 1.807) is 0 Å². The molecule has 0 heterocycles. The van der Waals surface area contributed by atoms with E-state index in [2.05, 4.69) is 0 Å². The maximum atomic E-state index is 11.4. The first kappa shape index (κ1) is 9.46. The molecular formula is C10H16O2. The molecule has 68 valence electrons. The van der Waals surface area contributed by atoms with Gasteiger partial charge < -0.3 is 5.11 Å². The van der Waals surface area contributed by atoms with E-state index in [9.17, 15) is 9.90 Å². The van der Waals surface area contributed by atoms with Crippen molar-refractivity contribution in [2.75, 3.05) is 0 Å². The van der Waals surface area contributed by atoms with Gasteiger partial charge in [0.05, 0.1) is 11.5 Å². The minimum atomic E-state index is -0.612. The van der Waals surface area contributed by atoms with E-state index in [0.29, 0.717) is 12.8 Å². The van der Waals surface area contributed by atoms with Crippen LogP contribution in [0.2, 0.25) is 0 Å². The van der Waals surface area contributed by atoms with Crippen LogP contribution in [0.4, 0.5) is 0 Å². The van der Waals surface area contributed by atoms with Crippen molar-refractivity contribution in [3.05, 3.63) is 11.6 Å². The second-order valence-electron chi connectivity index (χ2n) is 3.98. The molecule has 1 rings (SSSR count). The van der Waals surface area contributed by atoms with E-state index in [0.717, 1.165) is 5.57 Å². The first-order valence-electron chi connectivity index (χ1n) is 4.34. The molecule has 0 saturated heterocycles. The first-order chi connectivity index (χ1) is 5.47. The smallest absolute Gasteiger partial charge is 0.145 e. The molecule has 0 amide bonds. The van der Waals surface area contributed by atoms with E-state index in [4.69, 9.17) is 0 Å². The van der Waals surface area contributed by atoms with Crippen molar-refractivity contribution in [2.24, 2.45) is 5.41 Å². The van der Waals surface area contributed by atoms with Crippen molar-refractivity contribution in [2.45, 2.75) is 39.7 Å². The van der Waals surface area contributed by atoms with Gasteiger partial charge in [0.1, 0.15) is 5.78 Å². The van der Waals surface area contributed by atoms with Gasteiger partial charge in [-0.1, -0.05) is 11.6 Å². The second kappa shape index (κ2) is 3.02. The summed E-state index contributed by atoms with van der Waals surface area (Å²) in [6, 6.07) is 0. The Bertz CT molecular complexity index is 226. The Morgan fingerprint density at radius 1 is 1.67 bits per heavy atom. The van der Waals surface area contributed by atoms with Crippen molar-refractivity contribution in [1.29, 1.82) is 0 Å². The molecule has 0 aliphatic heterocycles. The summed E-state index contributed by atoms with van der Waals surface area (Å²) < 4.78 is 0. The molecule has 1 saturated carbocycles. The van der Waals surface area contributed by atoms with E-state index in [1.807, 2.05) is 26.8 Å². The topological polar surface area (TPSA) is 37.3 Å². The Labute approximate surface area is 73.3 Å². The highest BCUT2D eigenvalue weighted by Crippen LogP contribution is 2.36. The SMILES string of the molecule is CC(C)=CC1(C)C(=O)CCC1O. The van der Waals surface area contributed by atoms with Crippen molar-refractivity contribution >= 4 is 5.78 Å². The number of carbonyl (C=O) groups is 1. The van der Waals surface area contributed by atoms with Crippen LogP contribution in [0, 0.1) is 5.41 Å². The van der Waals surface area contributed by atoms with Gasteiger partial charge in [0.25, 0.3) is 0 Å². The fourth-order valence-corrected chi connectivity index (χ4v) is 1.80. The van der Waals surface area contributed by atoms with Crippen LogP contribution in [0.5, 0.6) is 0 Å². The normalized spacial score (nSPS) is 35.3. The summed E-state index contributed by atoms with van der Waals surface area (Å²) in [5.41, 5.74) is 0.477.